The van der Waals surface area contributed by atoms with E-state index in [0.29, 0.717) is 0 Å². The molecule has 0 heterocycles. The SMILES string of the molecule is CC(C)C[C@H](NC(=O)N[C@@H](CC(C)C)C(=O)O)C(=O)O. The Bertz CT molecular complexity index is 323. The van der Waals surface area contributed by atoms with Crippen LogP contribution in [0.25, 0.3) is 0 Å². The average Bonchev–Trinajstić information content (AvgIpc) is 2.25. The molecule has 0 radical (unpaired) electrons. The largest absolute Gasteiger partial charge is 0.480 e. The minimum Gasteiger partial charge on any atom is -0.480 e. The Balaban J connectivity index is 4.56. The van der Waals surface area contributed by atoms with Gasteiger partial charge in [0.05, 0.1) is 0 Å². The molecule has 7 heteroatoms. The molecule has 0 aliphatic heterocycles. The van der Waals surface area contributed by atoms with Crippen LogP contribution in [0.15, 0.2) is 0 Å². The van der Waals surface area contributed by atoms with Gasteiger partial charge >= 0.3 is 18.0 Å². The highest BCUT2D eigenvalue weighted by Gasteiger charge is 2.25. The standard InChI is InChI=1S/C13H24N2O5/c1-7(2)5-9(11(16)17)14-13(20)15-10(12(18)19)6-8(3)4/h7-10H,5-6H2,1-4H3,(H,16,17)(H,18,19)(H2,14,15,20)/t9-,10-/m0/s1. The van der Waals surface area contributed by atoms with Gasteiger partial charge < -0.3 is 20.8 Å². The maximum Gasteiger partial charge on any atom is 0.326 e. The molecular weight excluding hydrogens is 264 g/mol. The van der Waals surface area contributed by atoms with Crippen molar-refractivity contribution in [3.05, 3.63) is 0 Å². The van der Waals surface area contributed by atoms with Crippen molar-refractivity contribution in [2.45, 2.75) is 52.6 Å². The van der Waals surface area contributed by atoms with Gasteiger partial charge in [-0.05, 0) is 24.7 Å². The summed E-state index contributed by atoms with van der Waals surface area (Å²) in [6.07, 6.45) is 0.565. The zero-order valence-electron chi connectivity index (χ0n) is 12.3. The highest BCUT2D eigenvalue weighted by molar-refractivity contribution is 5.86. The predicted octanol–water partition coefficient (Wildman–Crippen LogP) is 1.28. The molecular formula is C13H24N2O5. The third-order valence-corrected chi connectivity index (χ3v) is 2.62. The van der Waals surface area contributed by atoms with Crippen LogP contribution in [-0.4, -0.2) is 40.3 Å². The molecule has 0 aliphatic carbocycles. The molecule has 0 bridgehead atoms. The summed E-state index contributed by atoms with van der Waals surface area (Å²) in [5.74, 6) is -2.07. The first-order chi connectivity index (χ1) is 9.13. The zero-order chi connectivity index (χ0) is 15.9. The molecule has 0 aromatic carbocycles. The van der Waals surface area contributed by atoms with Gasteiger partial charge in [-0.15, -0.1) is 0 Å². The molecule has 0 saturated heterocycles. The van der Waals surface area contributed by atoms with Crippen LogP contribution in [0.4, 0.5) is 4.79 Å². The Hall–Kier alpha value is -1.79. The molecule has 0 saturated carbocycles. The Morgan fingerprint density at radius 1 is 0.800 bits per heavy atom. The number of carbonyl (C=O) groups excluding carboxylic acids is 1. The monoisotopic (exact) mass is 288 g/mol. The van der Waals surface area contributed by atoms with E-state index in [4.69, 9.17) is 10.2 Å². The number of hydrogen-bond donors (Lipinski definition) is 4. The van der Waals surface area contributed by atoms with Crippen LogP contribution >= 0.6 is 0 Å². The molecule has 2 atom stereocenters. The molecule has 4 N–H and O–H groups in total. The maximum atomic E-state index is 11.7. The lowest BCUT2D eigenvalue weighted by Crippen LogP contribution is -2.51. The van der Waals surface area contributed by atoms with E-state index in [0.717, 1.165) is 0 Å². The number of rotatable bonds is 8. The topological polar surface area (TPSA) is 116 Å². The second kappa shape index (κ2) is 8.39. The van der Waals surface area contributed by atoms with E-state index in [2.05, 4.69) is 10.6 Å². The van der Waals surface area contributed by atoms with Gasteiger partial charge in [0.25, 0.3) is 0 Å². The summed E-state index contributed by atoms with van der Waals surface area (Å²) in [6, 6.07) is -2.82. The summed E-state index contributed by atoms with van der Waals surface area (Å²) in [4.78, 5) is 33.7. The predicted molar refractivity (Wildman–Crippen MR) is 73.4 cm³/mol. The molecule has 7 nitrogen and oxygen atoms in total. The second-order valence-electron chi connectivity index (χ2n) is 5.66. The molecule has 0 aliphatic rings. The third-order valence-electron chi connectivity index (χ3n) is 2.62. The molecule has 0 aromatic heterocycles. The first-order valence-electron chi connectivity index (χ1n) is 6.66. The van der Waals surface area contributed by atoms with Crippen LogP contribution in [0.2, 0.25) is 0 Å². The molecule has 2 amide bonds. The average molecular weight is 288 g/mol. The summed E-state index contributed by atoms with van der Waals surface area (Å²) in [7, 11) is 0. The Morgan fingerprint density at radius 2 is 1.10 bits per heavy atom. The first-order valence-corrected chi connectivity index (χ1v) is 6.66. The summed E-state index contributed by atoms with van der Waals surface area (Å²) < 4.78 is 0. The number of carboxylic acid groups (broad SMARTS) is 2. The molecule has 0 rings (SSSR count). The number of aliphatic carboxylic acids is 2. The normalized spacial score (nSPS) is 13.9. The third kappa shape index (κ3) is 7.60. The van der Waals surface area contributed by atoms with Crippen LogP contribution in [0.5, 0.6) is 0 Å². The highest BCUT2D eigenvalue weighted by Crippen LogP contribution is 2.07. The second-order valence-corrected chi connectivity index (χ2v) is 5.66. The fourth-order valence-electron chi connectivity index (χ4n) is 1.74. The van der Waals surface area contributed by atoms with Crippen LogP contribution in [0, 0.1) is 11.8 Å². The van der Waals surface area contributed by atoms with Crippen molar-refractivity contribution in [2.75, 3.05) is 0 Å². The van der Waals surface area contributed by atoms with Gasteiger partial charge in [-0.25, -0.2) is 14.4 Å². The van der Waals surface area contributed by atoms with Crippen molar-refractivity contribution in [1.29, 1.82) is 0 Å². The Kier molecular flexibility index (Phi) is 7.64. The van der Waals surface area contributed by atoms with Gasteiger partial charge in [0.15, 0.2) is 0 Å². The van der Waals surface area contributed by atoms with Crippen LogP contribution in [0.3, 0.4) is 0 Å². The summed E-state index contributed by atoms with van der Waals surface area (Å²) in [5.41, 5.74) is 0. The van der Waals surface area contributed by atoms with Crippen molar-refractivity contribution >= 4 is 18.0 Å². The number of carbonyl (C=O) groups is 3. The van der Waals surface area contributed by atoms with Crippen molar-refractivity contribution in [3.8, 4) is 0 Å². The first kappa shape index (κ1) is 18.2. The van der Waals surface area contributed by atoms with Crippen molar-refractivity contribution in [1.82, 2.24) is 10.6 Å². The van der Waals surface area contributed by atoms with Crippen molar-refractivity contribution in [2.24, 2.45) is 11.8 Å². The van der Waals surface area contributed by atoms with E-state index < -0.39 is 30.1 Å². The molecule has 0 aromatic rings. The van der Waals surface area contributed by atoms with E-state index >= 15 is 0 Å². The fraction of sp³-hybridized carbons (Fsp3) is 0.769. The van der Waals surface area contributed by atoms with Crippen LogP contribution in [0.1, 0.15) is 40.5 Å². The van der Waals surface area contributed by atoms with Crippen molar-refractivity contribution < 1.29 is 24.6 Å². The van der Waals surface area contributed by atoms with E-state index in [1.807, 2.05) is 27.7 Å². The van der Waals surface area contributed by atoms with Gasteiger partial charge in [0, 0.05) is 0 Å². The molecule has 20 heavy (non-hydrogen) atoms. The van der Waals surface area contributed by atoms with Crippen LogP contribution in [-0.2, 0) is 9.59 Å². The quantitative estimate of drug-likeness (QED) is 0.537. The van der Waals surface area contributed by atoms with Gasteiger partial charge in [-0.2, -0.15) is 0 Å². The summed E-state index contributed by atoms with van der Waals surface area (Å²) in [5, 5.41) is 22.6. The van der Waals surface area contributed by atoms with Gasteiger partial charge in [0.2, 0.25) is 0 Å². The number of carboxylic acids is 2. The number of hydrogen-bond acceptors (Lipinski definition) is 3. The lowest BCUT2D eigenvalue weighted by molar-refractivity contribution is -0.140. The molecule has 116 valence electrons. The maximum absolute atomic E-state index is 11.7. The Morgan fingerprint density at radius 3 is 1.30 bits per heavy atom. The van der Waals surface area contributed by atoms with E-state index in [-0.39, 0.29) is 24.7 Å². The minimum absolute atomic E-state index is 0.0994. The number of urea groups is 1. The van der Waals surface area contributed by atoms with E-state index in [9.17, 15) is 14.4 Å². The van der Waals surface area contributed by atoms with E-state index in [1.165, 1.54) is 0 Å². The Labute approximate surface area is 118 Å². The lowest BCUT2D eigenvalue weighted by atomic mass is 10.0. The minimum atomic E-state index is -1.13. The molecule has 0 fully saturated rings. The fourth-order valence-corrected chi connectivity index (χ4v) is 1.74. The number of amides is 2. The van der Waals surface area contributed by atoms with Gasteiger partial charge in [-0.3, -0.25) is 0 Å². The molecule has 0 unspecified atom stereocenters. The van der Waals surface area contributed by atoms with Gasteiger partial charge in [0.1, 0.15) is 12.1 Å². The summed E-state index contributed by atoms with van der Waals surface area (Å²) in [6.45, 7) is 7.37. The highest BCUT2D eigenvalue weighted by atomic mass is 16.4. The smallest absolute Gasteiger partial charge is 0.326 e. The van der Waals surface area contributed by atoms with Crippen LogP contribution < -0.4 is 10.6 Å². The van der Waals surface area contributed by atoms with Gasteiger partial charge in [-0.1, -0.05) is 27.7 Å². The zero-order valence-corrected chi connectivity index (χ0v) is 12.3. The van der Waals surface area contributed by atoms with E-state index in [1.54, 1.807) is 0 Å². The summed E-state index contributed by atoms with van der Waals surface area (Å²) >= 11 is 0. The van der Waals surface area contributed by atoms with Crippen molar-refractivity contribution in [3.63, 3.8) is 0 Å². The number of nitrogens with one attached hydrogen (secondary N) is 2. The molecule has 0 spiro atoms. The lowest BCUT2D eigenvalue weighted by Gasteiger charge is -2.20.